The summed E-state index contributed by atoms with van der Waals surface area (Å²) >= 11 is 0. The van der Waals surface area contributed by atoms with Crippen molar-refractivity contribution in [2.45, 2.75) is 13.5 Å². The van der Waals surface area contributed by atoms with Gasteiger partial charge in [-0.1, -0.05) is 29.8 Å². The van der Waals surface area contributed by atoms with E-state index in [0.717, 1.165) is 17.1 Å². The highest BCUT2D eigenvalue weighted by atomic mass is 14.9. The number of aromatic amines is 1. The van der Waals surface area contributed by atoms with Crippen molar-refractivity contribution in [1.29, 1.82) is 0 Å². The van der Waals surface area contributed by atoms with Crippen LogP contribution < -0.4 is 5.73 Å². The summed E-state index contributed by atoms with van der Waals surface area (Å²) in [5, 5.41) is 0. The molecule has 0 spiro atoms. The lowest BCUT2D eigenvalue weighted by atomic mass is 10.1. The summed E-state index contributed by atoms with van der Waals surface area (Å²) in [6.07, 6.45) is 1.77. The van der Waals surface area contributed by atoms with E-state index in [2.05, 4.69) is 41.2 Å². The van der Waals surface area contributed by atoms with E-state index in [9.17, 15) is 0 Å². The molecule has 2 aromatic rings. The van der Waals surface area contributed by atoms with E-state index in [0.29, 0.717) is 6.54 Å². The Kier molecular flexibility index (Phi) is 2.33. The van der Waals surface area contributed by atoms with Crippen LogP contribution in [-0.2, 0) is 6.54 Å². The molecule has 0 atom stereocenters. The van der Waals surface area contributed by atoms with Gasteiger partial charge in [-0.05, 0) is 6.92 Å². The minimum atomic E-state index is 0.499. The Hall–Kier alpha value is -1.61. The molecule has 3 heteroatoms. The van der Waals surface area contributed by atoms with E-state index in [1.54, 1.807) is 6.20 Å². The molecule has 0 aliphatic rings. The maximum absolute atomic E-state index is 5.49. The van der Waals surface area contributed by atoms with Crippen LogP contribution in [0.2, 0.25) is 0 Å². The third-order valence-electron chi connectivity index (χ3n) is 2.17. The number of H-pyrrole nitrogens is 1. The van der Waals surface area contributed by atoms with Crippen LogP contribution in [0.5, 0.6) is 0 Å². The Morgan fingerprint density at radius 2 is 2.00 bits per heavy atom. The lowest BCUT2D eigenvalue weighted by Gasteiger charge is -1.97. The van der Waals surface area contributed by atoms with E-state index in [-0.39, 0.29) is 0 Å². The van der Waals surface area contributed by atoms with Crippen molar-refractivity contribution >= 4 is 0 Å². The number of aromatic nitrogens is 2. The molecule has 0 radical (unpaired) electrons. The lowest BCUT2D eigenvalue weighted by molar-refractivity contribution is 1.01. The van der Waals surface area contributed by atoms with Gasteiger partial charge in [0.05, 0.1) is 0 Å². The molecule has 3 nitrogen and oxygen atoms in total. The molecule has 3 N–H and O–H groups in total. The predicted octanol–water partition coefficient (Wildman–Crippen LogP) is 1.84. The molecule has 0 saturated heterocycles. The summed E-state index contributed by atoms with van der Waals surface area (Å²) < 4.78 is 0. The molecule has 1 aromatic carbocycles. The Morgan fingerprint density at radius 3 is 2.57 bits per heavy atom. The summed E-state index contributed by atoms with van der Waals surface area (Å²) in [5.41, 5.74) is 8.80. The number of nitrogens with two attached hydrogens (primary N) is 1. The first-order valence-electron chi connectivity index (χ1n) is 4.60. The Morgan fingerprint density at radius 1 is 1.29 bits per heavy atom. The van der Waals surface area contributed by atoms with E-state index in [1.807, 2.05) is 0 Å². The van der Waals surface area contributed by atoms with Gasteiger partial charge in [-0.15, -0.1) is 0 Å². The van der Waals surface area contributed by atoms with Gasteiger partial charge in [0.1, 0.15) is 5.82 Å². The normalized spacial score (nSPS) is 10.4. The first-order valence-corrected chi connectivity index (χ1v) is 4.60. The zero-order valence-corrected chi connectivity index (χ0v) is 8.12. The van der Waals surface area contributed by atoms with E-state index < -0.39 is 0 Å². The van der Waals surface area contributed by atoms with Gasteiger partial charge in [0.15, 0.2) is 0 Å². The molecular formula is C11H13N3. The Labute approximate surface area is 83.0 Å². The molecular weight excluding hydrogens is 174 g/mol. The van der Waals surface area contributed by atoms with Gasteiger partial charge in [0, 0.05) is 24.0 Å². The van der Waals surface area contributed by atoms with Crippen LogP contribution in [-0.4, -0.2) is 9.97 Å². The average Bonchev–Trinajstić information content (AvgIpc) is 2.67. The van der Waals surface area contributed by atoms with Crippen LogP contribution in [0.3, 0.4) is 0 Å². The van der Waals surface area contributed by atoms with Gasteiger partial charge < -0.3 is 10.7 Å². The van der Waals surface area contributed by atoms with Crippen molar-refractivity contribution in [1.82, 2.24) is 9.97 Å². The highest BCUT2D eigenvalue weighted by Crippen LogP contribution is 2.15. The maximum Gasteiger partial charge on any atom is 0.137 e. The van der Waals surface area contributed by atoms with Gasteiger partial charge in [0.25, 0.3) is 0 Å². The molecule has 0 amide bonds. The van der Waals surface area contributed by atoms with E-state index >= 15 is 0 Å². The van der Waals surface area contributed by atoms with Crippen LogP contribution in [0.4, 0.5) is 0 Å². The Balaban J connectivity index is 2.34. The lowest BCUT2D eigenvalue weighted by Crippen LogP contribution is -1.95. The fourth-order valence-corrected chi connectivity index (χ4v) is 1.32. The molecule has 0 unspecified atom stereocenters. The highest BCUT2D eigenvalue weighted by Gasteiger charge is 2.01. The van der Waals surface area contributed by atoms with Gasteiger partial charge in [0.2, 0.25) is 0 Å². The molecule has 1 aromatic heterocycles. The molecule has 0 aliphatic heterocycles. The van der Waals surface area contributed by atoms with E-state index in [1.165, 1.54) is 5.56 Å². The van der Waals surface area contributed by atoms with Crippen LogP contribution in [0.15, 0.2) is 30.5 Å². The summed E-state index contributed by atoms with van der Waals surface area (Å²) in [7, 11) is 0. The van der Waals surface area contributed by atoms with Crippen LogP contribution >= 0.6 is 0 Å². The minimum absolute atomic E-state index is 0.499. The second-order valence-electron chi connectivity index (χ2n) is 3.33. The van der Waals surface area contributed by atoms with Crippen molar-refractivity contribution < 1.29 is 0 Å². The van der Waals surface area contributed by atoms with Crippen LogP contribution in [0.1, 0.15) is 11.3 Å². The number of nitrogens with zero attached hydrogens (tertiary/aromatic N) is 1. The maximum atomic E-state index is 5.49. The summed E-state index contributed by atoms with van der Waals surface area (Å²) in [5.74, 6) is 0.880. The first kappa shape index (κ1) is 8.97. The average molecular weight is 187 g/mol. The predicted molar refractivity (Wildman–Crippen MR) is 56.7 cm³/mol. The number of benzene rings is 1. The molecule has 0 fully saturated rings. The smallest absolute Gasteiger partial charge is 0.137 e. The highest BCUT2D eigenvalue weighted by molar-refractivity contribution is 5.55. The first-order chi connectivity index (χ1) is 6.79. The summed E-state index contributed by atoms with van der Waals surface area (Å²) in [6, 6.07) is 8.24. The largest absolute Gasteiger partial charge is 0.341 e. The van der Waals surface area contributed by atoms with Crippen molar-refractivity contribution in [2.75, 3.05) is 0 Å². The zero-order chi connectivity index (χ0) is 9.97. The number of nitrogens with one attached hydrogen (secondary N) is 1. The van der Waals surface area contributed by atoms with Crippen molar-refractivity contribution in [2.24, 2.45) is 5.73 Å². The fraction of sp³-hybridized carbons (Fsp3) is 0.182. The van der Waals surface area contributed by atoms with Crippen molar-refractivity contribution in [3.8, 4) is 11.4 Å². The fourth-order valence-electron chi connectivity index (χ4n) is 1.32. The SMILES string of the molecule is Cc1ccc(-c2ncc(CN)[nH]2)cc1. The second-order valence-corrected chi connectivity index (χ2v) is 3.33. The summed E-state index contributed by atoms with van der Waals surface area (Å²) in [4.78, 5) is 7.41. The molecule has 14 heavy (non-hydrogen) atoms. The second kappa shape index (κ2) is 3.64. The number of rotatable bonds is 2. The molecule has 1 heterocycles. The number of imidazole rings is 1. The van der Waals surface area contributed by atoms with Crippen molar-refractivity contribution in [3.63, 3.8) is 0 Å². The third-order valence-corrected chi connectivity index (χ3v) is 2.17. The monoisotopic (exact) mass is 187 g/mol. The van der Waals surface area contributed by atoms with Gasteiger partial charge >= 0.3 is 0 Å². The summed E-state index contributed by atoms with van der Waals surface area (Å²) in [6.45, 7) is 2.57. The van der Waals surface area contributed by atoms with E-state index in [4.69, 9.17) is 5.73 Å². The number of hydrogen-bond acceptors (Lipinski definition) is 2. The third kappa shape index (κ3) is 1.67. The van der Waals surface area contributed by atoms with Gasteiger partial charge in [-0.2, -0.15) is 0 Å². The minimum Gasteiger partial charge on any atom is -0.341 e. The van der Waals surface area contributed by atoms with Crippen LogP contribution in [0.25, 0.3) is 11.4 Å². The van der Waals surface area contributed by atoms with Gasteiger partial charge in [-0.25, -0.2) is 4.98 Å². The number of aryl methyl sites for hydroxylation is 1. The molecule has 0 aliphatic carbocycles. The quantitative estimate of drug-likeness (QED) is 0.753. The standard InChI is InChI=1S/C11H13N3/c1-8-2-4-9(5-3-8)11-13-7-10(6-12)14-11/h2-5,7H,6,12H2,1H3,(H,13,14). The van der Waals surface area contributed by atoms with Crippen molar-refractivity contribution in [3.05, 3.63) is 41.7 Å². The van der Waals surface area contributed by atoms with Gasteiger partial charge in [-0.3, -0.25) is 0 Å². The van der Waals surface area contributed by atoms with Crippen LogP contribution in [0, 0.1) is 6.92 Å². The molecule has 0 saturated carbocycles. The molecule has 2 rings (SSSR count). The molecule has 0 bridgehead atoms. The number of hydrogen-bond donors (Lipinski definition) is 2. The molecule has 72 valence electrons. The Bertz CT molecular complexity index is 414. The topological polar surface area (TPSA) is 54.7 Å². The zero-order valence-electron chi connectivity index (χ0n) is 8.12.